The summed E-state index contributed by atoms with van der Waals surface area (Å²) in [5.41, 5.74) is 6.68. The monoisotopic (exact) mass is 350 g/mol. The van der Waals surface area contributed by atoms with Crippen LogP contribution in [0.3, 0.4) is 0 Å². The highest BCUT2D eigenvalue weighted by Gasteiger charge is 2.27. The predicted octanol–water partition coefficient (Wildman–Crippen LogP) is 3.09. The lowest BCUT2D eigenvalue weighted by molar-refractivity contribution is -0.120. The Balaban J connectivity index is 2.14. The third kappa shape index (κ3) is 3.71. The number of hydrogen-bond acceptors (Lipinski definition) is 3. The molecule has 0 aliphatic carbocycles. The molecule has 0 saturated carbocycles. The van der Waals surface area contributed by atoms with Gasteiger partial charge < -0.3 is 11.1 Å². The van der Waals surface area contributed by atoms with Gasteiger partial charge in [0, 0.05) is 4.47 Å². The topological polar surface area (TPSA) is 72.9 Å². The van der Waals surface area contributed by atoms with E-state index in [1.807, 2.05) is 31.2 Å². The van der Waals surface area contributed by atoms with Crippen LogP contribution in [0.25, 0.3) is 5.69 Å². The Morgan fingerprint density at radius 2 is 2.19 bits per heavy atom. The van der Waals surface area contributed by atoms with E-state index < -0.39 is 5.54 Å². The summed E-state index contributed by atoms with van der Waals surface area (Å²) in [5, 5.41) is 7.07. The number of amides is 1. The Bertz CT molecular complexity index is 636. The van der Waals surface area contributed by atoms with Crippen LogP contribution < -0.4 is 11.1 Å². The summed E-state index contributed by atoms with van der Waals surface area (Å²) < 4.78 is 2.63. The lowest BCUT2D eigenvalue weighted by atomic mass is 9.96. The Labute approximate surface area is 132 Å². The molecular weight excluding hydrogens is 332 g/mol. The number of nitrogens with one attached hydrogen (secondary N) is 1. The molecule has 2 rings (SSSR count). The zero-order valence-corrected chi connectivity index (χ0v) is 13.7. The standard InChI is InChI=1S/C15H19BrN4O/c1-3-8-15(2,17)14(21)19-11-9-18-20(10-11)13-7-5-4-6-12(13)16/h4-7,9-10H,3,8,17H2,1-2H3,(H,19,21). The van der Waals surface area contributed by atoms with Gasteiger partial charge in [-0.1, -0.05) is 25.5 Å². The summed E-state index contributed by atoms with van der Waals surface area (Å²) in [7, 11) is 0. The molecule has 0 fully saturated rings. The summed E-state index contributed by atoms with van der Waals surface area (Å²) in [5.74, 6) is -0.198. The molecule has 1 heterocycles. The molecular formula is C15H19BrN4O. The molecule has 0 aliphatic heterocycles. The van der Waals surface area contributed by atoms with Crippen LogP contribution in [-0.2, 0) is 4.79 Å². The van der Waals surface area contributed by atoms with Gasteiger partial charge in [-0.2, -0.15) is 5.10 Å². The molecule has 21 heavy (non-hydrogen) atoms. The first-order valence-corrected chi connectivity index (χ1v) is 7.63. The zero-order valence-electron chi connectivity index (χ0n) is 12.1. The third-order valence-electron chi connectivity index (χ3n) is 3.23. The van der Waals surface area contributed by atoms with Crippen LogP contribution in [0.4, 0.5) is 5.69 Å². The highest BCUT2D eigenvalue weighted by Crippen LogP contribution is 2.21. The van der Waals surface area contributed by atoms with Crippen LogP contribution in [-0.4, -0.2) is 21.2 Å². The first kappa shape index (κ1) is 15.7. The van der Waals surface area contributed by atoms with Crippen LogP contribution in [0, 0.1) is 0 Å². The van der Waals surface area contributed by atoms with Gasteiger partial charge in [-0.15, -0.1) is 0 Å². The van der Waals surface area contributed by atoms with Crippen molar-refractivity contribution < 1.29 is 4.79 Å². The average Bonchev–Trinajstić information content (AvgIpc) is 2.87. The van der Waals surface area contributed by atoms with Crippen molar-refractivity contribution >= 4 is 27.5 Å². The van der Waals surface area contributed by atoms with Crippen LogP contribution >= 0.6 is 15.9 Å². The van der Waals surface area contributed by atoms with Gasteiger partial charge in [0.25, 0.3) is 0 Å². The van der Waals surface area contributed by atoms with Crippen molar-refractivity contribution in [2.45, 2.75) is 32.2 Å². The average molecular weight is 351 g/mol. The molecule has 5 nitrogen and oxygen atoms in total. The number of anilines is 1. The number of halogens is 1. The van der Waals surface area contributed by atoms with Crippen molar-refractivity contribution in [3.05, 3.63) is 41.1 Å². The Hall–Kier alpha value is -1.66. The van der Waals surface area contributed by atoms with Gasteiger partial charge in [0.1, 0.15) is 0 Å². The first-order valence-electron chi connectivity index (χ1n) is 6.84. The summed E-state index contributed by atoms with van der Waals surface area (Å²) >= 11 is 3.48. The van der Waals surface area contributed by atoms with E-state index in [2.05, 4.69) is 26.3 Å². The van der Waals surface area contributed by atoms with Crippen molar-refractivity contribution in [1.29, 1.82) is 0 Å². The second-order valence-corrected chi connectivity index (χ2v) is 6.10. The fraction of sp³-hybridized carbons (Fsp3) is 0.333. The first-order chi connectivity index (χ1) is 9.94. The molecule has 0 spiro atoms. The number of benzene rings is 1. The number of aromatic nitrogens is 2. The number of nitrogens with zero attached hydrogens (tertiary/aromatic N) is 2. The van der Waals surface area contributed by atoms with E-state index in [0.717, 1.165) is 16.6 Å². The van der Waals surface area contributed by atoms with E-state index in [0.29, 0.717) is 12.1 Å². The molecule has 1 unspecified atom stereocenters. The van der Waals surface area contributed by atoms with Crippen molar-refractivity contribution in [3.8, 4) is 5.69 Å². The number of nitrogens with two attached hydrogens (primary N) is 1. The van der Waals surface area contributed by atoms with Crippen molar-refractivity contribution in [3.63, 3.8) is 0 Å². The lowest BCUT2D eigenvalue weighted by Crippen LogP contribution is -2.48. The number of rotatable bonds is 5. The number of carbonyl (C=O) groups is 1. The van der Waals surface area contributed by atoms with E-state index in [1.165, 1.54) is 0 Å². The molecule has 1 aromatic heterocycles. The van der Waals surface area contributed by atoms with Crippen molar-refractivity contribution in [2.24, 2.45) is 5.73 Å². The van der Waals surface area contributed by atoms with Crippen LogP contribution in [0.1, 0.15) is 26.7 Å². The second kappa shape index (κ2) is 6.41. The zero-order chi connectivity index (χ0) is 15.5. The lowest BCUT2D eigenvalue weighted by Gasteiger charge is -2.22. The van der Waals surface area contributed by atoms with Crippen molar-refractivity contribution in [2.75, 3.05) is 5.32 Å². The number of carbonyl (C=O) groups excluding carboxylic acids is 1. The molecule has 0 radical (unpaired) electrons. The highest BCUT2D eigenvalue weighted by atomic mass is 79.9. The summed E-state index contributed by atoms with van der Waals surface area (Å²) in [6, 6.07) is 7.74. The Morgan fingerprint density at radius 1 is 1.48 bits per heavy atom. The molecule has 1 atom stereocenters. The Morgan fingerprint density at radius 3 is 2.86 bits per heavy atom. The number of hydrogen-bond donors (Lipinski definition) is 2. The van der Waals surface area contributed by atoms with Gasteiger partial charge in [0.05, 0.1) is 29.3 Å². The molecule has 6 heteroatoms. The van der Waals surface area contributed by atoms with Crippen LogP contribution in [0.5, 0.6) is 0 Å². The molecule has 0 aliphatic rings. The molecule has 112 valence electrons. The maximum atomic E-state index is 12.2. The van der Waals surface area contributed by atoms with Crippen LogP contribution in [0.15, 0.2) is 41.1 Å². The molecule has 2 aromatic rings. The maximum Gasteiger partial charge on any atom is 0.244 e. The van der Waals surface area contributed by atoms with Gasteiger partial charge in [0.15, 0.2) is 0 Å². The minimum absolute atomic E-state index is 0.198. The van der Waals surface area contributed by atoms with Crippen molar-refractivity contribution in [1.82, 2.24) is 9.78 Å². The Kier molecular flexibility index (Phi) is 4.80. The van der Waals surface area contributed by atoms with E-state index >= 15 is 0 Å². The predicted molar refractivity (Wildman–Crippen MR) is 87.4 cm³/mol. The van der Waals surface area contributed by atoms with E-state index in [-0.39, 0.29) is 5.91 Å². The molecule has 0 saturated heterocycles. The van der Waals surface area contributed by atoms with Gasteiger partial charge in [0.2, 0.25) is 5.91 Å². The summed E-state index contributed by atoms with van der Waals surface area (Å²) in [4.78, 5) is 12.2. The van der Waals surface area contributed by atoms with Gasteiger partial charge in [-0.3, -0.25) is 4.79 Å². The maximum absolute atomic E-state index is 12.2. The fourth-order valence-corrected chi connectivity index (χ4v) is 2.53. The van der Waals surface area contributed by atoms with Gasteiger partial charge in [-0.05, 0) is 41.4 Å². The van der Waals surface area contributed by atoms with E-state index in [1.54, 1.807) is 24.0 Å². The van der Waals surface area contributed by atoms with E-state index in [9.17, 15) is 4.79 Å². The van der Waals surface area contributed by atoms with Gasteiger partial charge >= 0.3 is 0 Å². The number of para-hydroxylation sites is 1. The second-order valence-electron chi connectivity index (χ2n) is 5.25. The highest BCUT2D eigenvalue weighted by molar-refractivity contribution is 9.10. The summed E-state index contributed by atoms with van der Waals surface area (Å²) in [6.07, 6.45) is 4.87. The fourth-order valence-electron chi connectivity index (χ4n) is 2.06. The SMILES string of the molecule is CCCC(C)(N)C(=O)Nc1cnn(-c2ccccc2Br)c1. The minimum atomic E-state index is -0.871. The molecule has 0 bridgehead atoms. The smallest absolute Gasteiger partial charge is 0.244 e. The third-order valence-corrected chi connectivity index (χ3v) is 3.90. The summed E-state index contributed by atoms with van der Waals surface area (Å²) in [6.45, 7) is 3.74. The molecule has 1 aromatic carbocycles. The van der Waals surface area contributed by atoms with E-state index in [4.69, 9.17) is 5.73 Å². The normalized spacial score (nSPS) is 13.7. The minimum Gasteiger partial charge on any atom is -0.322 e. The largest absolute Gasteiger partial charge is 0.322 e. The molecule has 3 N–H and O–H groups in total. The molecule has 1 amide bonds. The quantitative estimate of drug-likeness (QED) is 0.869. The van der Waals surface area contributed by atoms with Crippen LogP contribution in [0.2, 0.25) is 0 Å². The van der Waals surface area contributed by atoms with Gasteiger partial charge in [-0.25, -0.2) is 4.68 Å².